The molecule has 1 aromatic carbocycles. The van der Waals surface area contributed by atoms with Gasteiger partial charge in [0, 0.05) is 10.1 Å². The Balaban J connectivity index is 2.87. The van der Waals surface area contributed by atoms with Crippen molar-refractivity contribution in [3.8, 4) is 5.75 Å². The van der Waals surface area contributed by atoms with Crippen LogP contribution in [0.1, 0.15) is 0 Å². The number of rotatable bonds is 1. The van der Waals surface area contributed by atoms with Gasteiger partial charge in [0.15, 0.2) is 0 Å². The number of thiophene rings is 1. The van der Waals surface area contributed by atoms with E-state index in [0.717, 1.165) is 16.7 Å². The number of benzene rings is 1. The molecule has 15 heavy (non-hydrogen) atoms. The van der Waals surface area contributed by atoms with Crippen molar-refractivity contribution in [1.82, 2.24) is 0 Å². The molecule has 4 nitrogen and oxygen atoms in total. The molecule has 7 heteroatoms. The minimum absolute atomic E-state index is 0.0723. The molecule has 0 spiro atoms. The van der Waals surface area contributed by atoms with Gasteiger partial charge in [0.2, 0.25) is 10.0 Å². The van der Waals surface area contributed by atoms with E-state index in [2.05, 4.69) is 15.9 Å². The van der Waals surface area contributed by atoms with Gasteiger partial charge in [0.05, 0.1) is 4.47 Å². The summed E-state index contributed by atoms with van der Waals surface area (Å²) in [5.74, 6) is 0.0946. The summed E-state index contributed by atoms with van der Waals surface area (Å²) in [6.45, 7) is 0. The van der Waals surface area contributed by atoms with Gasteiger partial charge in [-0.05, 0) is 34.1 Å². The van der Waals surface area contributed by atoms with Crippen LogP contribution in [0.15, 0.2) is 26.9 Å². The molecule has 1 aromatic heterocycles. The van der Waals surface area contributed by atoms with E-state index >= 15 is 0 Å². The third-order valence-electron chi connectivity index (χ3n) is 1.84. The lowest BCUT2D eigenvalue weighted by atomic mass is 10.2. The van der Waals surface area contributed by atoms with Gasteiger partial charge < -0.3 is 5.11 Å². The second-order valence-electron chi connectivity index (χ2n) is 2.93. The Kier molecular flexibility index (Phi) is 2.50. The van der Waals surface area contributed by atoms with Crippen molar-refractivity contribution in [2.75, 3.05) is 0 Å². The molecular formula is C8H6BrNO3S2. The zero-order valence-electron chi connectivity index (χ0n) is 7.27. The maximum Gasteiger partial charge on any atom is 0.248 e. The smallest absolute Gasteiger partial charge is 0.248 e. The van der Waals surface area contributed by atoms with E-state index < -0.39 is 10.0 Å². The van der Waals surface area contributed by atoms with Crippen LogP contribution in [-0.2, 0) is 10.0 Å². The van der Waals surface area contributed by atoms with Crippen molar-refractivity contribution < 1.29 is 13.5 Å². The van der Waals surface area contributed by atoms with Crippen molar-refractivity contribution in [2.45, 2.75) is 4.21 Å². The number of hydrogen-bond acceptors (Lipinski definition) is 4. The highest BCUT2D eigenvalue weighted by Gasteiger charge is 2.18. The van der Waals surface area contributed by atoms with Crippen LogP contribution in [0.2, 0.25) is 0 Å². The number of primary sulfonamides is 1. The lowest BCUT2D eigenvalue weighted by molar-refractivity contribution is 0.476. The van der Waals surface area contributed by atoms with Crippen LogP contribution >= 0.6 is 27.3 Å². The van der Waals surface area contributed by atoms with Gasteiger partial charge in [-0.25, -0.2) is 13.6 Å². The first-order chi connectivity index (χ1) is 6.89. The van der Waals surface area contributed by atoms with Gasteiger partial charge in [-0.2, -0.15) is 0 Å². The number of halogens is 1. The third kappa shape index (κ3) is 1.87. The second kappa shape index (κ2) is 3.44. The normalized spacial score (nSPS) is 12.1. The summed E-state index contributed by atoms with van der Waals surface area (Å²) in [4.78, 5) is 0. The fraction of sp³-hybridized carbons (Fsp3) is 0. The molecule has 0 atom stereocenters. The Morgan fingerprint density at radius 2 is 2.07 bits per heavy atom. The molecule has 2 rings (SSSR count). The maximum absolute atomic E-state index is 11.2. The molecule has 0 saturated carbocycles. The number of aromatic hydroxyl groups is 1. The van der Waals surface area contributed by atoms with Crippen LogP contribution in [-0.4, -0.2) is 13.5 Å². The lowest BCUT2D eigenvalue weighted by Crippen LogP contribution is -2.10. The summed E-state index contributed by atoms with van der Waals surface area (Å²) in [7, 11) is -3.72. The maximum atomic E-state index is 11.2. The number of phenolic OH excluding ortho intramolecular Hbond substituents is 1. The van der Waals surface area contributed by atoms with E-state index in [-0.39, 0.29) is 9.96 Å². The molecule has 2 aromatic rings. The average molecular weight is 308 g/mol. The molecule has 0 radical (unpaired) electrons. The molecule has 0 fully saturated rings. The molecule has 80 valence electrons. The van der Waals surface area contributed by atoms with E-state index in [1.807, 2.05) is 0 Å². The van der Waals surface area contributed by atoms with Crippen LogP contribution in [0.3, 0.4) is 0 Å². The van der Waals surface area contributed by atoms with E-state index in [0.29, 0.717) is 9.17 Å². The zero-order chi connectivity index (χ0) is 11.2. The standard InChI is InChI=1S/C8H6BrNO3S2/c9-7-5-2-1-4(11)3-6(5)14-8(7)15(10,12)13/h1-3,11H,(H2,10,12,13). The summed E-state index contributed by atoms with van der Waals surface area (Å²) >= 11 is 4.21. The van der Waals surface area contributed by atoms with Crippen LogP contribution in [0, 0.1) is 0 Å². The fourth-order valence-corrected chi connectivity index (χ4v) is 4.56. The van der Waals surface area contributed by atoms with Gasteiger partial charge in [-0.15, -0.1) is 11.3 Å². The monoisotopic (exact) mass is 307 g/mol. The first kappa shape index (κ1) is 10.9. The number of phenols is 1. The highest BCUT2D eigenvalue weighted by atomic mass is 79.9. The highest BCUT2D eigenvalue weighted by molar-refractivity contribution is 9.10. The number of sulfonamides is 1. The summed E-state index contributed by atoms with van der Waals surface area (Å²) in [6, 6.07) is 4.63. The van der Waals surface area contributed by atoms with Crippen molar-refractivity contribution >= 4 is 47.4 Å². The molecule has 0 amide bonds. The molecule has 0 saturated heterocycles. The van der Waals surface area contributed by atoms with E-state index in [1.165, 1.54) is 12.1 Å². The fourth-order valence-electron chi connectivity index (χ4n) is 1.21. The lowest BCUT2D eigenvalue weighted by Gasteiger charge is -1.92. The second-order valence-corrected chi connectivity index (χ2v) is 6.53. The number of nitrogens with two attached hydrogens (primary N) is 1. The Morgan fingerprint density at radius 3 is 2.67 bits per heavy atom. The predicted molar refractivity (Wildman–Crippen MR) is 62.6 cm³/mol. The molecule has 0 aliphatic carbocycles. The molecule has 0 unspecified atom stereocenters. The largest absolute Gasteiger partial charge is 0.508 e. The summed E-state index contributed by atoms with van der Waals surface area (Å²) in [5, 5.41) is 15.0. The third-order valence-corrected chi connectivity index (χ3v) is 5.81. The Hall–Kier alpha value is -0.630. The van der Waals surface area contributed by atoms with Gasteiger partial charge in [0.1, 0.15) is 9.96 Å². The van der Waals surface area contributed by atoms with Crippen molar-refractivity contribution in [2.24, 2.45) is 5.14 Å². The zero-order valence-corrected chi connectivity index (χ0v) is 10.5. The van der Waals surface area contributed by atoms with Crippen molar-refractivity contribution in [3.63, 3.8) is 0 Å². The summed E-state index contributed by atoms with van der Waals surface area (Å²) in [6.07, 6.45) is 0. The van der Waals surface area contributed by atoms with E-state index in [9.17, 15) is 13.5 Å². The van der Waals surface area contributed by atoms with Crippen LogP contribution in [0.5, 0.6) is 5.75 Å². The number of fused-ring (bicyclic) bond motifs is 1. The van der Waals surface area contributed by atoms with Crippen molar-refractivity contribution in [3.05, 3.63) is 22.7 Å². The molecule has 0 bridgehead atoms. The minimum atomic E-state index is -3.72. The number of hydrogen-bond donors (Lipinski definition) is 2. The Labute approximate surface area is 98.5 Å². The Bertz CT molecular complexity index is 633. The minimum Gasteiger partial charge on any atom is -0.508 e. The average Bonchev–Trinajstić information content (AvgIpc) is 2.42. The van der Waals surface area contributed by atoms with Crippen LogP contribution in [0.4, 0.5) is 0 Å². The molecule has 0 aliphatic rings. The van der Waals surface area contributed by atoms with Crippen LogP contribution in [0.25, 0.3) is 10.1 Å². The van der Waals surface area contributed by atoms with Gasteiger partial charge >= 0.3 is 0 Å². The first-order valence-electron chi connectivity index (χ1n) is 3.83. The molecular weight excluding hydrogens is 302 g/mol. The summed E-state index contributed by atoms with van der Waals surface area (Å²) in [5.41, 5.74) is 0. The van der Waals surface area contributed by atoms with Gasteiger partial charge in [-0.3, -0.25) is 0 Å². The topological polar surface area (TPSA) is 80.4 Å². The first-order valence-corrected chi connectivity index (χ1v) is 6.99. The SMILES string of the molecule is NS(=O)(=O)c1sc2cc(O)ccc2c1Br. The van der Waals surface area contributed by atoms with Gasteiger partial charge in [-0.1, -0.05) is 0 Å². The molecule has 0 aliphatic heterocycles. The predicted octanol–water partition coefficient (Wildman–Crippen LogP) is 2.02. The highest BCUT2D eigenvalue weighted by Crippen LogP contribution is 2.39. The van der Waals surface area contributed by atoms with Crippen molar-refractivity contribution in [1.29, 1.82) is 0 Å². The Morgan fingerprint density at radius 1 is 1.40 bits per heavy atom. The van der Waals surface area contributed by atoms with Crippen LogP contribution < -0.4 is 5.14 Å². The molecule has 3 N–H and O–H groups in total. The molecule has 1 heterocycles. The van der Waals surface area contributed by atoms with E-state index in [4.69, 9.17) is 5.14 Å². The summed E-state index contributed by atoms with van der Waals surface area (Å²) < 4.78 is 23.6. The van der Waals surface area contributed by atoms with Gasteiger partial charge in [0.25, 0.3) is 0 Å². The van der Waals surface area contributed by atoms with E-state index in [1.54, 1.807) is 6.07 Å². The quantitative estimate of drug-likeness (QED) is 0.845.